The maximum atomic E-state index is 4.53. The molecule has 2 rings (SSSR count). The van der Waals surface area contributed by atoms with Gasteiger partial charge in [0.25, 0.3) is 0 Å². The minimum absolute atomic E-state index is 0.834. The van der Waals surface area contributed by atoms with Crippen molar-refractivity contribution >= 4 is 65.9 Å². The zero-order chi connectivity index (χ0) is 9.42. The van der Waals surface area contributed by atoms with Gasteiger partial charge in [0.05, 0.1) is 0 Å². The Morgan fingerprint density at radius 1 is 1.46 bits per heavy atom. The van der Waals surface area contributed by atoms with Gasteiger partial charge in [0, 0.05) is 19.4 Å². The molecule has 0 unspecified atom stereocenters. The molecule has 1 aromatic heterocycles. The molecular formula is C9H6Br2S2. The van der Waals surface area contributed by atoms with E-state index in [1.807, 2.05) is 0 Å². The molecule has 0 fully saturated rings. The van der Waals surface area contributed by atoms with Crippen LogP contribution in [0.1, 0.15) is 5.56 Å². The third kappa shape index (κ3) is 1.69. The summed E-state index contributed by atoms with van der Waals surface area (Å²) in [5.41, 5.74) is 1.22. The van der Waals surface area contributed by atoms with Gasteiger partial charge in [-0.25, -0.2) is 0 Å². The van der Waals surface area contributed by atoms with Crippen molar-refractivity contribution in [3.8, 4) is 0 Å². The summed E-state index contributed by atoms with van der Waals surface area (Å²) in [7, 11) is 0. The number of rotatable bonds is 1. The van der Waals surface area contributed by atoms with Crippen LogP contribution in [0.5, 0.6) is 0 Å². The van der Waals surface area contributed by atoms with Crippen LogP contribution in [0.2, 0.25) is 0 Å². The van der Waals surface area contributed by atoms with E-state index in [9.17, 15) is 0 Å². The Labute approximate surface area is 103 Å². The van der Waals surface area contributed by atoms with Crippen LogP contribution in [0.15, 0.2) is 26.9 Å². The molecule has 1 heterocycles. The average Bonchev–Trinajstić information content (AvgIpc) is 2.53. The lowest BCUT2D eigenvalue weighted by atomic mass is 10.2. The van der Waals surface area contributed by atoms with E-state index in [0.717, 1.165) is 14.7 Å². The Morgan fingerprint density at radius 2 is 2.23 bits per heavy atom. The van der Waals surface area contributed by atoms with E-state index in [1.165, 1.54) is 15.6 Å². The first-order chi connectivity index (χ1) is 6.24. The molecule has 0 atom stereocenters. The minimum atomic E-state index is 0.834. The largest absolute Gasteiger partial charge is 0.143 e. The van der Waals surface area contributed by atoms with E-state index >= 15 is 0 Å². The van der Waals surface area contributed by atoms with Crippen LogP contribution >= 0.6 is 55.8 Å². The second-order valence-corrected chi connectivity index (χ2v) is 5.44. The van der Waals surface area contributed by atoms with Crippen LogP contribution in [0.25, 0.3) is 10.1 Å². The van der Waals surface area contributed by atoms with Crippen molar-refractivity contribution in [2.75, 3.05) is 0 Å². The maximum Gasteiger partial charge on any atom is 0.0479 e. The standard InChI is InChI=1S/C9H6Br2S2/c10-4-6-7(11)3-5-1-2-13-9(5)8(6)12/h1-3,12H,4H2. The fraction of sp³-hybridized carbons (Fsp3) is 0.111. The van der Waals surface area contributed by atoms with Gasteiger partial charge in [-0.2, -0.15) is 0 Å². The zero-order valence-corrected chi connectivity index (χ0v) is 11.4. The van der Waals surface area contributed by atoms with Crippen molar-refractivity contribution in [3.05, 3.63) is 27.5 Å². The summed E-state index contributed by atoms with van der Waals surface area (Å²) in [5.74, 6) is 0. The SMILES string of the molecule is Sc1c(CBr)c(Br)cc2ccsc12. The van der Waals surface area contributed by atoms with Crippen LogP contribution in [0.4, 0.5) is 0 Å². The van der Waals surface area contributed by atoms with Gasteiger partial charge in [0.1, 0.15) is 0 Å². The summed E-state index contributed by atoms with van der Waals surface area (Å²) in [6.45, 7) is 0. The van der Waals surface area contributed by atoms with E-state index in [4.69, 9.17) is 0 Å². The lowest BCUT2D eigenvalue weighted by molar-refractivity contribution is 1.32. The van der Waals surface area contributed by atoms with Crippen molar-refractivity contribution in [1.82, 2.24) is 0 Å². The topological polar surface area (TPSA) is 0 Å². The monoisotopic (exact) mass is 336 g/mol. The Hall–Kier alpha value is 0.490. The average molecular weight is 338 g/mol. The predicted molar refractivity (Wildman–Crippen MR) is 69.4 cm³/mol. The molecule has 0 saturated carbocycles. The molecule has 0 aliphatic rings. The van der Waals surface area contributed by atoms with Crippen LogP contribution < -0.4 is 0 Å². The van der Waals surface area contributed by atoms with Gasteiger partial charge < -0.3 is 0 Å². The summed E-state index contributed by atoms with van der Waals surface area (Å²) in [6.07, 6.45) is 0. The van der Waals surface area contributed by atoms with Gasteiger partial charge >= 0.3 is 0 Å². The molecule has 0 spiro atoms. The van der Waals surface area contributed by atoms with Gasteiger partial charge in [-0.15, -0.1) is 24.0 Å². The first kappa shape index (κ1) is 10.0. The van der Waals surface area contributed by atoms with E-state index in [1.54, 1.807) is 11.3 Å². The Balaban J connectivity index is 2.85. The number of benzene rings is 1. The zero-order valence-electron chi connectivity index (χ0n) is 6.55. The second kappa shape index (κ2) is 3.93. The van der Waals surface area contributed by atoms with Gasteiger partial charge in [-0.1, -0.05) is 31.9 Å². The van der Waals surface area contributed by atoms with Crippen LogP contribution in [-0.2, 0) is 5.33 Å². The summed E-state index contributed by atoms with van der Waals surface area (Å²) >= 11 is 13.3. The number of thiophene rings is 1. The van der Waals surface area contributed by atoms with E-state index < -0.39 is 0 Å². The minimum Gasteiger partial charge on any atom is -0.143 e. The van der Waals surface area contributed by atoms with Gasteiger partial charge in [-0.05, 0) is 28.5 Å². The number of halogens is 2. The molecule has 2 aromatic rings. The highest BCUT2D eigenvalue weighted by Gasteiger charge is 2.08. The van der Waals surface area contributed by atoms with Crippen LogP contribution in [-0.4, -0.2) is 0 Å². The quantitative estimate of drug-likeness (QED) is 0.558. The molecule has 0 saturated heterocycles. The Kier molecular flexibility index (Phi) is 3.03. The molecule has 1 aromatic carbocycles. The summed E-state index contributed by atoms with van der Waals surface area (Å²) in [5, 5.41) is 4.18. The van der Waals surface area contributed by atoms with E-state index in [2.05, 4.69) is 62.0 Å². The van der Waals surface area contributed by atoms with Crippen molar-refractivity contribution in [2.24, 2.45) is 0 Å². The van der Waals surface area contributed by atoms with Gasteiger partial charge in [0.2, 0.25) is 0 Å². The molecular weight excluding hydrogens is 332 g/mol. The highest BCUT2D eigenvalue weighted by atomic mass is 79.9. The molecule has 0 bridgehead atoms. The lowest BCUT2D eigenvalue weighted by Gasteiger charge is -2.05. The number of hydrogen-bond acceptors (Lipinski definition) is 2. The maximum absolute atomic E-state index is 4.53. The molecule has 0 radical (unpaired) electrons. The highest BCUT2D eigenvalue weighted by molar-refractivity contribution is 9.10. The number of alkyl halides is 1. The molecule has 13 heavy (non-hydrogen) atoms. The lowest BCUT2D eigenvalue weighted by Crippen LogP contribution is -1.83. The van der Waals surface area contributed by atoms with Crippen molar-refractivity contribution in [1.29, 1.82) is 0 Å². The van der Waals surface area contributed by atoms with Crippen molar-refractivity contribution < 1.29 is 0 Å². The Bertz CT molecular complexity index is 448. The third-order valence-electron chi connectivity index (χ3n) is 1.90. The number of fused-ring (bicyclic) bond motifs is 1. The number of hydrogen-bond donors (Lipinski definition) is 1. The first-order valence-electron chi connectivity index (χ1n) is 3.67. The molecule has 0 aliphatic heterocycles. The predicted octanol–water partition coefficient (Wildman–Crippen LogP) is 4.85. The summed E-state index contributed by atoms with van der Waals surface area (Å²) in [6, 6.07) is 4.25. The van der Waals surface area contributed by atoms with Crippen LogP contribution in [0.3, 0.4) is 0 Å². The van der Waals surface area contributed by atoms with Crippen molar-refractivity contribution in [3.63, 3.8) is 0 Å². The highest BCUT2D eigenvalue weighted by Crippen LogP contribution is 2.36. The van der Waals surface area contributed by atoms with E-state index in [-0.39, 0.29) is 0 Å². The molecule has 4 heteroatoms. The third-order valence-corrected chi connectivity index (χ3v) is 4.76. The molecule has 0 N–H and O–H groups in total. The normalized spacial score (nSPS) is 11.0. The first-order valence-corrected chi connectivity index (χ1v) is 6.91. The van der Waals surface area contributed by atoms with Crippen molar-refractivity contribution in [2.45, 2.75) is 10.2 Å². The van der Waals surface area contributed by atoms with Gasteiger partial charge in [0.15, 0.2) is 0 Å². The fourth-order valence-electron chi connectivity index (χ4n) is 1.23. The number of thiol groups is 1. The fourth-order valence-corrected chi connectivity index (χ4v) is 4.48. The molecule has 0 nitrogen and oxygen atoms in total. The van der Waals surface area contributed by atoms with Gasteiger partial charge in [-0.3, -0.25) is 0 Å². The summed E-state index contributed by atoms with van der Waals surface area (Å²) < 4.78 is 2.39. The molecule has 0 aliphatic carbocycles. The summed E-state index contributed by atoms with van der Waals surface area (Å²) in [4.78, 5) is 1.08. The molecule has 68 valence electrons. The Morgan fingerprint density at radius 3 is 2.92 bits per heavy atom. The molecule has 0 amide bonds. The second-order valence-electron chi connectivity index (χ2n) is 2.66. The van der Waals surface area contributed by atoms with Crippen LogP contribution in [0, 0.1) is 0 Å². The van der Waals surface area contributed by atoms with E-state index in [0.29, 0.717) is 0 Å². The smallest absolute Gasteiger partial charge is 0.0479 e.